The predicted octanol–water partition coefficient (Wildman–Crippen LogP) is 2.14. The van der Waals surface area contributed by atoms with Gasteiger partial charge in [-0.15, -0.1) is 0 Å². The topological polar surface area (TPSA) is 108 Å². The molecule has 3 rings (SSSR count). The minimum absolute atomic E-state index is 0.145. The van der Waals surface area contributed by atoms with Gasteiger partial charge in [0.15, 0.2) is 5.82 Å². The Morgan fingerprint density at radius 3 is 2.36 bits per heavy atom. The van der Waals surface area contributed by atoms with Gasteiger partial charge >= 0.3 is 5.97 Å². The SMILES string of the molecule is O=C(O)c1ccc(C(=O)NCCc2nc(-c3ccccc3)n[nH]2)cc1. The maximum absolute atomic E-state index is 12.0. The molecule has 0 unspecified atom stereocenters. The molecule has 1 heterocycles. The summed E-state index contributed by atoms with van der Waals surface area (Å²) in [6.45, 7) is 0.392. The lowest BCUT2D eigenvalue weighted by atomic mass is 10.1. The Kier molecular flexibility index (Phi) is 4.84. The first kappa shape index (κ1) is 16.4. The number of hydrogen-bond donors (Lipinski definition) is 3. The van der Waals surface area contributed by atoms with E-state index in [0.29, 0.717) is 30.2 Å². The number of rotatable bonds is 6. The number of carbonyl (C=O) groups is 2. The van der Waals surface area contributed by atoms with E-state index in [4.69, 9.17) is 5.11 Å². The monoisotopic (exact) mass is 336 g/mol. The molecule has 2 aromatic carbocycles. The fourth-order valence-corrected chi connectivity index (χ4v) is 2.28. The third-order valence-electron chi connectivity index (χ3n) is 3.61. The van der Waals surface area contributed by atoms with E-state index in [9.17, 15) is 9.59 Å². The van der Waals surface area contributed by atoms with Gasteiger partial charge in [0.2, 0.25) is 0 Å². The van der Waals surface area contributed by atoms with E-state index in [-0.39, 0.29) is 11.5 Å². The number of aromatic amines is 1. The molecule has 7 nitrogen and oxygen atoms in total. The average molecular weight is 336 g/mol. The van der Waals surface area contributed by atoms with Crippen LogP contribution in [0.15, 0.2) is 54.6 Å². The largest absolute Gasteiger partial charge is 0.478 e. The van der Waals surface area contributed by atoms with Crippen molar-refractivity contribution in [3.05, 3.63) is 71.5 Å². The average Bonchev–Trinajstić information content (AvgIpc) is 3.11. The molecule has 0 spiro atoms. The van der Waals surface area contributed by atoms with Gasteiger partial charge in [0.05, 0.1) is 5.56 Å². The summed E-state index contributed by atoms with van der Waals surface area (Å²) in [7, 11) is 0. The zero-order chi connectivity index (χ0) is 17.6. The lowest BCUT2D eigenvalue weighted by Crippen LogP contribution is -2.26. The Hall–Kier alpha value is -3.48. The Bertz CT molecular complexity index is 873. The second-order valence-electron chi connectivity index (χ2n) is 5.36. The third kappa shape index (κ3) is 4.08. The number of benzene rings is 2. The molecule has 126 valence electrons. The van der Waals surface area contributed by atoms with Crippen LogP contribution >= 0.6 is 0 Å². The van der Waals surface area contributed by atoms with Gasteiger partial charge in [-0.05, 0) is 24.3 Å². The molecular weight excluding hydrogens is 320 g/mol. The number of hydrogen-bond acceptors (Lipinski definition) is 4. The van der Waals surface area contributed by atoms with E-state index in [1.54, 1.807) is 0 Å². The van der Waals surface area contributed by atoms with Crippen molar-refractivity contribution < 1.29 is 14.7 Å². The van der Waals surface area contributed by atoms with Crippen LogP contribution in [0, 0.1) is 0 Å². The molecule has 0 fully saturated rings. The fraction of sp³-hybridized carbons (Fsp3) is 0.111. The quantitative estimate of drug-likeness (QED) is 0.639. The van der Waals surface area contributed by atoms with Crippen LogP contribution < -0.4 is 5.32 Å². The molecule has 0 aliphatic carbocycles. The second-order valence-corrected chi connectivity index (χ2v) is 5.36. The number of aromatic carboxylic acids is 1. The Morgan fingerprint density at radius 2 is 1.68 bits per heavy atom. The summed E-state index contributed by atoms with van der Waals surface area (Å²) >= 11 is 0. The smallest absolute Gasteiger partial charge is 0.335 e. The Balaban J connectivity index is 1.53. The van der Waals surface area contributed by atoms with Crippen molar-refractivity contribution in [1.82, 2.24) is 20.5 Å². The van der Waals surface area contributed by atoms with Gasteiger partial charge in [-0.3, -0.25) is 9.89 Å². The van der Waals surface area contributed by atoms with Crippen LogP contribution in [0.3, 0.4) is 0 Å². The fourth-order valence-electron chi connectivity index (χ4n) is 2.28. The van der Waals surface area contributed by atoms with E-state index in [1.807, 2.05) is 30.3 Å². The summed E-state index contributed by atoms with van der Waals surface area (Å²) in [5, 5.41) is 18.6. The van der Waals surface area contributed by atoms with Crippen LogP contribution in [0.1, 0.15) is 26.5 Å². The number of H-pyrrole nitrogens is 1. The number of nitrogens with zero attached hydrogens (tertiary/aromatic N) is 2. The minimum atomic E-state index is -1.02. The third-order valence-corrected chi connectivity index (χ3v) is 3.61. The van der Waals surface area contributed by atoms with E-state index in [1.165, 1.54) is 24.3 Å². The van der Waals surface area contributed by atoms with E-state index < -0.39 is 5.97 Å². The van der Waals surface area contributed by atoms with Gasteiger partial charge in [-0.1, -0.05) is 30.3 Å². The maximum Gasteiger partial charge on any atom is 0.335 e. The number of amides is 1. The molecule has 0 radical (unpaired) electrons. The second kappa shape index (κ2) is 7.39. The highest BCUT2D eigenvalue weighted by molar-refractivity contribution is 5.95. The van der Waals surface area contributed by atoms with Crippen molar-refractivity contribution in [3.8, 4) is 11.4 Å². The highest BCUT2D eigenvalue weighted by atomic mass is 16.4. The number of carboxylic acid groups (broad SMARTS) is 1. The standard InChI is InChI=1S/C18H16N4O3/c23-17(13-6-8-14(9-7-13)18(24)25)19-11-10-15-20-16(22-21-15)12-4-2-1-3-5-12/h1-9H,10-11H2,(H,19,23)(H,24,25)(H,20,21,22). The summed E-state index contributed by atoms with van der Waals surface area (Å²) in [6, 6.07) is 15.4. The normalized spacial score (nSPS) is 10.4. The number of carbonyl (C=O) groups excluding carboxylic acids is 1. The van der Waals surface area contributed by atoms with Crippen molar-refractivity contribution in [3.63, 3.8) is 0 Å². The first-order valence-corrected chi connectivity index (χ1v) is 7.72. The first-order chi connectivity index (χ1) is 12.1. The molecule has 0 atom stereocenters. The molecule has 0 bridgehead atoms. The van der Waals surface area contributed by atoms with Crippen molar-refractivity contribution in [2.45, 2.75) is 6.42 Å². The molecule has 7 heteroatoms. The Morgan fingerprint density at radius 1 is 1.00 bits per heavy atom. The van der Waals surface area contributed by atoms with Crippen LogP contribution in [0.4, 0.5) is 0 Å². The first-order valence-electron chi connectivity index (χ1n) is 7.72. The van der Waals surface area contributed by atoms with Crippen LogP contribution in [0.5, 0.6) is 0 Å². The van der Waals surface area contributed by atoms with Crippen molar-refractivity contribution in [2.75, 3.05) is 6.54 Å². The molecular formula is C18H16N4O3. The number of carboxylic acids is 1. The van der Waals surface area contributed by atoms with E-state index >= 15 is 0 Å². The molecule has 0 aliphatic rings. The molecule has 3 N–H and O–H groups in total. The number of aromatic nitrogens is 3. The molecule has 0 saturated carbocycles. The summed E-state index contributed by atoms with van der Waals surface area (Å²) in [5.74, 6) is 0.0119. The van der Waals surface area contributed by atoms with Crippen molar-refractivity contribution >= 4 is 11.9 Å². The molecule has 1 amide bonds. The molecule has 1 aromatic heterocycles. The molecule has 0 aliphatic heterocycles. The van der Waals surface area contributed by atoms with Crippen molar-refractivity contribution in [2.24, 2.45) is 0 Å². The highest BCUT2D eigenvalue weighted by Crippen LogP contribution is 2.13. The Labute approximate surface area is 143 Å². The van der Waals surface area contributed by atoms with Crippen LogP contribution in [0.25, 0.3) is 11.4 Å². The minimum Gasteiger partial charge on any atom is -0.478 e. The van der Waals surface area contributed by atoms with Crippen LogP contribution in [0.2, 0.25) is 0 Å². The van der Waals surface area contributed by atoms with Crippen LogP contribution in [-0.4, -0.2) is 38.7 Å². The summed E-state index contributed by atoms with van der Waals surface area (Å²) < 4.78 is 0. The van der Waals surface area contributed by atoms with Gasteiger partial charge in [-0.2, -0.15) is 5.10 Å². The van der Waals surface area contributed by atoms with Gasteiger partial charge in [0.25, 0.3) is 5.91 Å². The van der Waals surface area contributed by atoms with Gasteiger partial charge in [0, 0.05) is 24.1 Å². The predicted molar refractivity (Wildman–Crippen MR) is 91.3 cm³/mol. The zero-order valence-electron chi connectivity index (χ0n) is 13.3. The van der Waals surface area contributed by atoms with Crippen LogP contribution in [-0.2, 0) is 6.42 Å². The van der Waals surface area contributed by atoms with Crippen molar-refractivity contribution in [1.29, 1.82) is 0 Å². The lowest BCUT2D eigenvalue weighted by molar-refractivity contribution is 0.0696. The van der Waals surface area contributed by atoms with Gasteiger partial charge in [0.1, 0.15) is 5.82 Å². The zero-order valence-corrected chi connectivity index (χ0v) is 13.3. The highest BCUT2D eigenvalue weighted by Gasteiger charge is 2.09. The number of nitrogens with one attached hydrogen (secondary N) is 2. The maximum atomic E-state index is 12.0. The van der Waals surface area contributed by atoms with E-state index in [2.05, 4.69) is 20.5 Å². The van der Waals surface area contributed by atoms with Gasteiger partial charge in [-0.25, -0.2) is 9.78 Å². The molecule has 25 heavy (non-hydrogen) atoms. The van der Waals surface area contributed by atoms with Gasteiger partial charge < -0.3 is 10.4 Å². The molecule has 3 aromatic rings. The molecule has 0 saturated heterocycles. The summed E-state index contributed by atoms with van der Waals surface area (Å²) in [5.41, 5.74) is 1.48. The van der Waals surface area contributed by atoms with E-state index in [0.717, 1.165) is 5.56 Å². The summed E-state index contributed by atoms with van der Waals surface area (Å²) in [6.07, 6.45) is 0.513. The lowest BCUT2D eigenvalue weighted by Gasteiger charge is -2.04. The summed E-state index contributed by atoms with van der Waals surface area (Å²) in [4.78, 5) is 27.2.